The Bertz CT molecular complexity index is 594. The molecule has 25 heavy (non-hydrogen) atoms. The van der Waals surface area contributed by atoms with Crippen LogP contribution >= 0.6 is 0 Å². The Kier molecular flexibility index (Phi) is 6.62. The summed E-state index contributed by atoms with van der Waals surface area (Å²) in [5.74, 6) is -0.795. The van der Waals surface area contributed by atoms with Crippen LogP contribution in [0.25, 0.3) is 0 Å². The van der Waals surface area contributed by atoms with Crippen LogP contribution in [0.1, 0.15) is 33.6 Å². The van der Waals surface area contributed by atoms with Crippen LogP contribution in [0.4, 0.5) is 19.3 Å². The molecule has 2 rings (SSSR count). The first-order valence-corrected chi connectivity index (χ1v) is 8.98. The molecule has 1 aliphatic heterocycles. The maximum absolute atomic E-state index is 13.4. The summed E-state index contributed by atoms with van der Waals surface area (Å²) in [6.07, 6.45) is 1.89. The van der Waals surface area contributed by atoms with Crippen molar-refractivity contribution < 1.29 is 13.6 Å². The highest BCUT2D eigenvalue weighted by Gasteiger charge is 2.25. The van der Waals surface area contributed by atoms with E-state index < -0.39 is 11.6 Å². The van der Waals surface area contributed by atoms with Crippen molar-refractivity contribution in [1.29, 1.82) is 0 Å². The lowest BCUT2D eigenvalue weighted by Gasteiger charge is -2.27. The van der Waals surface area contributed by atoms with E-state index in [0.717, 1.165) is 32.0 Å². The molecule has 1 saturated heterocycles. The molecule has 2 unspecified atom stereocenters. The Morgan fingerprint density at radius 1 is 1.32 bits per heavy atom. The number of halogens is 2. The van der Waals surface area contributed by atoms with Gasteiger partial charge in [-0.15, -0.1) is 0 Å². The van der Waals surface area contributed by atoms with Crippen molar-refractivity contribution in [1.82, 2.24) is 10.2 Å². The van der Waals surface area contributed by atoms with Crippen LogP contribution in [0, 0.1) is 23.5 Å². The lowest BCUT2D eigenvalue weighted by Crippen LogP contribution is -2.44. The third-order valence-electron chi connectivity index (χ3n) is 4.89. The maximum Gasteiger partial charge on any atom is 0.317 e. The molecular formula is C19H29F2N3O. The highest BCUT2D eigenvalue weighted by molar-refractivity contribution is 5.74. The molecule has 2 atom stereocenters. The van der Waals surface area contributed by atoms with Crippen LogP contribution in [0.5, 0.6) is 0 Å². The minimum absolute atomic E-state index is 0.0561. The van der Waals surface area contributed by atoms with Crippen LogP contribution in [-0.4, -0.2) is 43.7 Å². The molecule has 1 aromatic rings. The Morgan fingerprint density at radius 3 is 2.68 bits per heavy atom. The molecule has 0 saturated carbocycles. The van der Waals surface area contributed by atoms with Gasteiger partial charge in [-0.25, -0.2) is 13.6 Å². The first-order valence-electron chi connectivity index (χ1n) is 8.98. The molecule has 0 radical (unpaired) electrons. The van der Waals surface area contributed by atoms with E-state index >= 15 is 0 Å². The zero-order valence-electron chi connectivity index (χ0n) is 15.6. The number of benzene rings is 1. The van der Waals surface area contributed by atoms with Crippen LogP contribution in [0.2, 0.25) is 0 Å². The number of hydrogen-bond acceptors (Lipinski definition) is 2. The lowest BCUT2D eigenvalue weighted by atomic mass is 10.0. The van der Waals surface area contributed by atoms with E-state index in [1.807, 2.05) is 11.9 Å². The zero-order chi connectivity index (χ0) is 18.6. The number of hydrogen-bond donors (Lipinski definition) is 1. The molecule has 0 aliphatic carbocycles. The van der Waals surface area contributed by atoms with E-state index in [2.05, 4.69) is 26.1 Å². The van der Waals surface area contributed by atoms with Gasteiger partial charge in [0.25, 0.3) is 0 Å². The summed E-state index contributed by atoms with van der Waals surface area (Å²) >= 11 is 0. The average molecular weight is 353 g/mol. The van der Waals surface area contributed by atoms with Gasteiger partial charge in [-0.2, -0.15) is 0 Å². The Morgan fingerprint density at radius 2 is 2.04 bits per heavy atom. The van der Waals surface area contributed by atoms with Crippen LogP contribution in [0.3, 0.4) is 0 Å². The van der Waals surface area contributed by atoms with Crippen molar-refractivity contribution in [3.8, 4) is 0 Å². The Labute approximate surface area is 149 Å². The van der Waals surface area contributed by atoms with E-state index in [1.54, 1.807) is 11.0 Å². The van der Waals surface area contributed by atoms with E-state index in [4.69, 9.17) is 0 Å². The van der Waals surface area contributed by atoms with Crippen molar-refractivity contribution in [3.63, 3.8) is 0 Å². The predicted molar refractivity (Wildman–Crippen MR) is 96.8 cm³/mol. The maximum atomic E-state index is 13.4. The fraction of sp³-hybridized carbons (Fsp3) is 0.632. The highest BCUT2D eigenvalue weighted by Crippen LogP contribution is 2.25. The summed E-state index contributed by atoms with van der Waals surface area (Å²) < 4.78 is 26.4. The van der Waals surface area contributed by atoms with Crippen molar-refractivity contribution in [2.75, 3.05) is 31.6 Å². The first kappa shape index (κ1) is 19.5. The molecule has 140 valence electrons. The van der Waals surface area contributed by atoms with Gasteiger partial charge < -0.3 is 15.1 Å². The normalized spacial score (nSPS) is 18.5. The number of nitrogens with one attached hydrogen (secondary N) is 1. The summed E-state index contributed by atoms with van der Waals surface area (Å²) in [7, 11) is 1.82. The molecule has 1 fully saturated rings. The summed E-state index contributed by atoms with van der Waals surface area (Å²) in [4.78, 5) is 16.1. The molecule has 1 aliphatic rings. The summed E-state index contributed by atoms with van der Waals surface area (Å²) in [6, 6.07) is 4.13. The monoisotopic (exact) mass is 353 g/mol. The number of amides is 2. The van der Waals surface area contributed by atoms with E-state index in [9.17, 15) is 13.6 Å². The van der Waals surface area contributed by atoms with E-state index in [-0.39, 0.29) is 12.1 Å². The average Bonchev–Trinajstić information content (AvgIpc) is 3.02. The van der Waals surface area contributed by atoms with Crippen LogP contribution in [0.15, 0.2) is 18.2 Å². The third kappa shape index (κ3) is 5.31. The zero-order valence-corrected chi connectivity index (χ0v) is 15.6. The molecule has 4 nitrogen and oxygen atoms in total. The molecule has 1 aromatic carbocycles. The van der Waals surface area contributed by atoms with Gasteiger partial charge in [-0.3, -0.25) is 0 Å². The summed E-state index contributed by atoms with van der Waals surface area (Å²) in [6.45, 7) is 8.46. The SMILES string of the molecule is CC(C)CC(C)N(C)C(=O)NCC1CCN(c2ccc(F)c(F)c2)C1. The molecule has 0 bridgehead atoms. The minimum Gasteiger partial charge on any atom is -0.371 e. The fourth-order valence-corrected chi connectivity index (χ4v) is 3.31. The quantitative estimate of drug-likeness (QED) is 0.843. The third-order valence-corrected chi connectivity index (χ3v) is 4.89. The van der Waals surface area contributed by atoms with Crippen molar-refractivity contribution in [2.45, 2.75) is 39.7 Å². The Balaban J connectivity index is 1.81. The number of carbonyl (C=O) groups excluding carboxylic acids is 1. The summed E-state index contributed by atoms with van der Waals surface area (Å²) in [5.41, 5.74) is 0.690. The summed E-state index contributed by atoms with van der Waals surface area (Å²) in [5, 5.41) is 3.00. The van der Waals surface area contributed by atoms with Gasteiger partial charge in [0.1, 0.15) is 0 Å². The second-order valence-corrected chi connectivity index (χ2v) is 7.47. The highest BCUT2D eigenvalue weighted by atomic mass is 19.2. The molecule has 0 spiro atoms. The number of anilines is 1. The van der Waals surface area contributed by atoms with Gasteiger partial charge >= 0.3 is 6.03 Å². The largest absolute Gasteiger partial charge is 0.371 e. The van der Waals surface area contributed by atoms with Crippen molar-refractivity contribution in [2.24, 2.45) is 11.8 Å². The van der Waals surface area contributed by atoms with Gasteiger partial charge in [0.05, 0.1) is 0 Å². The number of nitrogens with zero attached hydrogens (tertiary/aromatic N) is 2. The van der Waals surface area contributed by atoms with Gasteiger partial charge in [0.2, 0.25) is 0 Å². The lowest BCUT2D eigenvalue weighted by molar-refractivity contribution is 0.185. The molecule has 1 heterocycles. The number of urea groups is 1. The number of carbonyl (C=O) groups is 1. The van der Waals surface area contributed by atoms with Crippen LogP contribution < -0.4 is 10.2 Å². The standard InChI is InChI=1S/C19H29F2N3O/c1-13(2)9-14(3)23(4)19(25)22-11-15-7-8-24(12-15)16-5-6-17(20)18(21)10-16/h5-6,10,13-15H,7-9,11-12H2,1-4H3,(H,22,25). The molecule has 6 heteroatoms. The topological polar surface area (TPSA) is 35.6 Å². The van der Waals surface area contributed by atoms with Gasteiger partial charge in [-0.05, 0) is 43.7 Å². The second kappa shape index (κ2) is 8.50. The minimum atomic E-state index is -0.828. The molecule has 0 aromatic heterocycles. The first-order chi connectivity index (χ1) is 11.8. The van der Waals surface area contributed by atoms with Gasteiger partial charge in [0, 0.05) is 44.5 Å². The van der Waals surface area contributed by atoms with Gasteiger partial charge in [0.15, 0.2) is 11.6 Å². The number of rotatable bonds is 6. The van der Waals surface area contributed by atoms with E-state index in [1.165, 1.54) is 6.07 Å². The van der Waals surface area contributed by atoms with Gasteiger partial charge in [-0.1, -0.05) is 13.8 Å². The van der Waals surface area contributed by atoms with E-state index in [0.29, 0.717) is 24.1 Å². The smallest absolute Gasteiger partial charge is 0.317 e. The Hall–Kier alpha value is -1.85. The second-order valence-electron chi connectivity index (χ2n) is 7.47. The molecular weight excluding hydrogens is 324 g/mol. The predicted octanol–water partition coefficient (Wildman–Crippen LogP) is 3.87. The van der Waals surface area contributed by atoms with Crippen molar-refractivity contribution in [3.05, 3.63) is 29.8 Å². The molecule has 1 N–H and O–H groups in total. The van der Waals surface area contributed by atoms with Crippen molar-refractivity contribution >= 4 is 11.7 Å². The van der Waals surface area contributed by atoms with Crippen LogP contribution in [-0.2, 0) is 0 Å². The fourth-order valence-electron chi connectivity index (χ4n) is 3.31. The molecule has 2 amide bonds.